The molecule has 10 nitrogen and oxygen atoms in total. The van der Waals surface area contributed by atoms with Crippen LogP contribution in [0.4, 0.5) is 0 Å². The number of aliphatic hydroxyl groups excluding tert-OH is 7. The molecule has 2 rings (SSSR count). The van der Waals surface area contributed by atoms with Crippen molar-refractivity contribution in [1.82, 2.24) is 0 Å². The summed E-state index contributed by atoms with van der Waals surface area (Å²) in [5, 5.41) is 70.6. The highest BCUT2D eigenvalue weighted by Crippen LogP contribution is 2.32. The van der Waals surface area contributed by atoms with E-state index in [1.807, 2.05) is 0 Å². The molecule has 202 valence electrons. The molecule has 1 saturated carbocycles. The van der Waals surface area contributed by atoms with Crippen molar-refractivity contribution in [1.29, 1.82) is 0 Å². The number of unbranched alkanes of at least 4 members (excludes halogenated alkanes) is 8. The van der Waals surface area contributed by atoms with Crippen LogP contribution in [0.15, 0.2) is 0 Å². The first-order chi connectivity index (χ1) is 16.3. The van der Waals surface area contributed by atoms with Crippen molar-refractivity contribution in [2.45, 2.75) is 126 Å². The van der Waals surface area contributed by atoms with Crippen molar-refractivity contribution in [3.63, 3.8) is 0 Å². The number of rotatable bonds is 15. The summed E-state index contributed by atoms with van der Waals surface area (Å²) in [6.07, 6.45) is -1.20. The standard InChI is InChI=1S/C24H46O10/c1-2-3-4-5-6-7-8-9-10-11-32-24-22(31)21(30)23(17(14-26)34-24)33-16-12-15(13-25)18(27)20(29)19(16)28/h15-31H,2-14H2,1H3/t15-,16+,17-,18-,19+,20+,21-,22-,23-,24-/m1/s1. The fraction of sp³-hybridized carbons (Fsp3) is 1.00. The summed E-state index contributed by atoms with van der Waals surface area (Å²) >= 11 is 0. The van der Waals surface area contributed by atoms with E-state index in [4.69, 9.17) is 14.2 Å². The second-order valence-corrected chi connectivity index (χ2v) is 9.70. The van der Waals surface area contributed by atoms with Gasteiger partial charge in [-0.2, -0.15) is 0 Å². The molecule has 7 N–H and O–H groups in total. The average Bonchev–Trinajstić information content (AvgIpc) is 2.84. The van der Waals surface area contributed by atoms with Gasteiger partial charge in [-0.25, -0.2) is 0 Å². The molecule has 10 atom stereocenters. The van der Waals surface area contributed by atoms with E-state index in [0.29, 0.717) is 6.61 Å². The molecule has 10 heteroatoms. The van der Waals surface area contributed by atoms with E-state index in [1.165, 1.54) is 38.5 Å². The zero-order valence-corrected chi connectivity index (χ0v) is 20.3. The summed E-state index contributed by atoms with van der Waals surface area (Å²) in [7, 11) is 0. The molecule has 1 heterocycles. The van der Waals surface area contributed by atoms with Crippen molar-refractivity contribution in [3.8, 4) is 0 Å². The Hall–Kier alpha value is -0.400. The van der Waals surface area contributed by atoms with Gasteiger partial charge in [0.25, 0.3) is 0 Å². The summed E-state index contributed by atoms with van der Waals surface area (Å²) in [5.41, 5.74) is 0. The molecule has 0 bridgehead atoms. The van der Waals surface area contributed by atoms with Gasteiger partial charge in [0.1, 0.15) is 36.6 Å². The summed E-state index contributed by atoms with van der Waals surface area (Å²) in [4.78, 5) is 0. The maximum Gasteiger partial charge on any atom is 0.186 e. The van der Waals surface area contributed by atoms with Crippen molar-refractivity contribution in [2.24, 2.45) is 5.92 Å². The summed E-state index contributed by atoms with van der Waals surface area (Å²) in [6.45, 7) is 1.60. The van der Waals surface area contributed by atoms with Gasteiger partial charge in [-0.05, 0) is 12.8 Å². The van der Waals surface area contributed by atoms with E-state index in [2.05, 4.69) is 6.92 Å². The molecule has 1 saturated heterocycles. The Bertz CT molecular complexity index is 534. The van der Waals surface area contributed by atoms with Crippen LogP contribution < -0.4 is 0 Å². The predicted molar refractivity (Wildman–Crippen MR) is 123 cm³/mol. The van der Waals surface area contributed by atoms with Gasteiger partial charge in [0.05, 0.1) is 18.8 Å². The van der Waals surface area contributed by atoms with Gasteiger partial charge < -0.3 is 50.0 Å². The van der Waals surface area contributed by atoms with E-state index in [9.17, 15) is 35.7 Å². The minimum Gasteiger partial charge on any atom is -0.396 e. The number of ether oxygens (including phenoxy) is 3. The fourth-order valence-electron chi connectivity index (χ4n) is 4.77. The summed E-state index contributed by atoms with van der Waals surface area (Å²) in [6, 6.07) is 0. The molecule has 0 unspecified atom stereocenters. The molecule has 34 heavy (non-hydrogen) atoms. The van der Waals surface area contributed by atoms with Crippen LogP contribution >= 0.6 is 0 Å². The monoisotopic (exact) mass is 494 g/mol. The molecule has 0 radical (unpaired) electrons. The van der Waals surface area contributed by atoms with Crippen LogP contribution in [0, 0.1) is 5.92 Å². The molecule has 1 aliphatic carbocycles. The maximum absolute atomic E-state index is 10.6. The third kappa shape index (κ3) is 8.33. The van der Waals surface area contributed by atoms with Crippen LogP contribution in [-0.2, 0) is 14.2 Å². The number of aliphatic hydroxyl groups is 7. The topological polar surface area (TPSA) is 169 Å². The van der Waals surface area contributed by atoms with E-state index < -0.39 is 74.3 Å². The van der Waals surface area contributed by atoms with E-state index in [-0.39, 0.29) is 6.42 Å². The highest BCUT2D eigenvalue weighted by atomic mass is 16.7. The Balaban J connectivity index is 1.78. The Morgan fingerprint density at radius 3 is 1.91 bits per heavy atom. The van der Waals surface area contributed by atoms with Gasteiger partial charge in [0.15, 0.2) is 6.29 Å². The first-order valence-corrected chi connectivity index (χ1v) is 12.9. The Kier molecular flexibility index (Phi) is 13.7. The lowest BCUT2D eigenvalue weighted by Gasteiger charge is -2.46. The van der Waals surface area contributed by atoms with Gasteiger partial charge in [-0.15, -0.1) is 0 Å². The third-order valence-electron chi connectivity index (χ3n) is 7.02. The Labute approximate surface area is 202 Å². The molecule has 0 amide bonds. The SMILES string of the molecule is CCCCCCCCCCCO[C@@H]1O[C@H](CO)[C@@H](O[C@H]2C[C@H](CO)[C@@H](O)[C@H](O)[C@H]2O)[C@H](O)[C@H]1O. The quantitative estimate of drug-likeness (QED) is 0.152. The lowest BCUT2D eigenvalue weighted by Crippen LogP contribution is -2.63. The first kappa shape index (κ1) is 29.8. The second kappa shape index (κ2) is 15.7. The van der Waals surface area contributed by atoms with Gasteiger partial charge in [0, 0.05) is 19.1 Å². The fourth-order valence-corrected chi connectivity index (χ4v) is 4.77. The van der Waals surface area contributed by atoms with Gasteiger partial charge >= 0.3 is 0 Å². The average molecular weight is 495 g/mol. The van der Waals surface area contributed by atoms with Crippen molar-refractivity contribution < 1.29 is 50.0 Å². The second-order valence-electron chi connectivity index (χ2n) is 9.70. The lowest BCUT2D eigenvalue weighted by atomic mass is 9.81. The summed E-state index contributed by atoms with van der Waals surface area (Å²) in [5.74, 6) is -0.727. The zero-order valence-electron chi connectivity index (χ0n) is 20.3. The normalized spacial score (nSPS) is 38.8. The molecule has 0 aromatic heterocycles. The van der Waals surface area contributed by atoms with Crippen LogP contribution in [0.3, 0.4) is 0 Å². The molecule has 2 fully saturated rings. The van der Waals surface area contributed by atoms with E-state index in [1.54, 1.807) is 0 Å². The van der Waals surface area contributed by atoms with E-state index in [0.717, 1.165) is 19.3 Å². The molecular formula is C24H46O10. The molecular weight excluding hydrogens is 448 g/mol. The smallest absolute Gasteiger partial charge is 0.186 e. The highest BCUT2D eigenvalue weighted by molar-refractivity contribution is 4.96. The maximum atomic E-state index is 10.6. The number of hydrogen-bond acceptors (Lipinski definition) is 10. The predicted octanol–water partition coefficient (Wildman–Crippen LogP) is -0.178. The van der Waals surface area contributed by atoms with E-state index >= 15 is 0 Å². The van der Waals surface area contributed by atoms with Crippen LogP contribution in [0.25, 0.3) is 0 Å². The Morgan fingerprint density at radius 2 is 1.32 bits per heavy atom. The minimum atomic E-state index is -1.54. The van der Waals surface area contributed by atoms with Crippen LogP contribution in [0.1, 0.15) is 71.1 Å². The number of hydrogen-bond donors (Lipinski definition) is 7. The molecule has 0 aromatic rings. The lowest BCUT2D eigenvalue weighted by molar-refractivity contribution is -0.320. The third-order valence-corrected chi connectivity index (χ3v) is 7.02. The van der Waals surface area contributed by atoms with Crippen molar-refractivity contribution in [3.05, 3.63) is 0 Å². The molecule has 0 aromatic carbocycles. The van der Waals surface area contributed by atoms with Crippen LogP contribution in [0.5, 0.6) is 0 Å². The minimum absolute atomic E-state index is 0.0197. The zero-order chi connectivity index (χ0) is 25.1. The largest absolute Gasteiger partial charge is 0.396 e. The molecule has 0 spiro atoms. The van der Waals surface area contributed by atoms with Crippen molar-refractivity contribution >= 4 is 0 Å². The van der Waals surface area contributed by atoms with Gasteiger partial charge in [0.2, 0.25) is 0 Å². The van der Waals surface area contributed by atoms with Gasteiger partial charge in [-0.1, -0.05) is 58.3 Å². The Morgan fingerprint density at radius 1 is 0.706 bits per heavy atom. The molecule has 1 aliphatic heterocycles. The van der Waals surface area contributed by atoms with Crippen LogP contribution in [-0.4, -0.2) is 111 Å². The molecule has 2 aliphatic rings. The first-order valence-electron chi connectivity index (χ1n) is 12.9. The van der Waals surface area contributed by atoms with Crippen molar-refractivity contribution in [2.75, 3.05) is 19.8 Å². The van der Waals surface area contributed by atoms with Crippen LogP contribution in [0.2, 0.25) is 0 Å². The van der Waals surface area contributed by atoms with Gasteiger partial charge in [-0.3, -0.25) is 0 Å². The highest BCUT2D eigenvalue weighted by Gasteiger charge is 2.50. The summed E-state index contributed by atoms with van der Waals surface area (Å²) < 4.78 is 17.0.